The lowest BCUT2D eigenvalue weighted by Gasteiger charge is -2.08. The maximum Gasteiger partial charge on any atom is 0.159 e. The summed E-state index contributed by atoms with van der Waals surface area (Å²) in [4.78, 5) is 15.9. The Kier molecular flexibility index (Phi) is 4.20. The molecule has 26 heavy (non-hydrogen) atoms. The standard InChI is InChI=1S/C23H18N2O/c1-17(26)18-8-11-21(12-9-18)24-16-23-7-4-14-25(23)22-13-10-19-5-2-3-6-20(19)15-22/h2-16H,1H3. The molecule has 0 amide bonds. The molecule has 0 atom stereocenters. The molecular formula is C23H18N2O. The highest BCUT2D eigenvalue weighted by Crippen LogP contribution is 2.20. The molecular weight excluding hydrogens is 320 g/mol. The topological polar surface area (TPSA) is 34.4 Å². The predicted octanol–water partition coefficient (Wildman–Crippen LogP) is 5.58. The molecule has 3 aromatic carbocycles. The molecule has 0 fully saturated rings. The van der Waals surface area contributed by atoms with Crippen molar-refractivity contribution in [1.82, 2.24) is 4.57 Å². The van der Waals surface area contributed by atoms with E-state index in [-0.39, 0.29) is 5.78 Å². The molecule has 0 radical (unpaired) electrons. The Bertz CT molecular complexity index is 1100. The van der Waals surface area contributed by atoms with Gasteiger partial charge in [0.05, 0.1) is 17.6 Å². The van der Waals surface area contributed by atoms with Crippen molar-refractivity contribution in [2.75, 3.05) is 0 Å². The first-order valence-electron chi connectivity index (χ1n) is 8.52. The van der Waals surface area contributed by atoms with Crippen molar-refractivity contribution in [2.45, 2.75) is 6.92 Å². The van der Waals surface area contributed by atoms with Crippen LogP contribution < -0.4 is 0 Å². The van der Waals surface area contributed by atoms with Gasteiger partial charge in [0.25, 0.3) is 0 Å². The molecule has 0 aliphatic heterocycles. The Morgan fingerprint density at radius 1 is 0.885 bits per heavy atom. The second-order valence-corrected chi connectivity index (χ2v) is 6.20. The van der Waals surface area contributed by atoms with Gasteiger partial charge in [0, 0.05) is 17.4 Å². The van der Waals surface area contributed by atoms with Crippen molar-refractivity contribution in [2.24, 2.45) is 4.99 Å². The number of Topliss-reactive ketones (excluding diaryl/α,β-unsaturated/α-hetero) is 1. The molecule has 0 aliphatic rings. The lowest BCUT2D eigenvalue weighted by Crippen LogP contribution is -1.97. The van der Waals surface area contributed by atoms with E-state index < -0.39 is 0 Å². The van der Waals surface area contributed by atoms with Crippen LogP contribution in [0.25, 0.3) is 16.5 Å². The first kappa shape index (κ1) is 16.0. The highest BCUT2D eigenvalue weighted by atomic mass is 16.1. The molecule has 126 valence electrons. The molecule has 1 heterocycles. The molecule has 0 aliphatic carbocycles. The molecule has 0 saturated carbocycles. The summed E-state index contributed by atoms with van der Waals surface area (Å²) < 4.78 is 2.11. The normalized spacial score (nSPS) is 11.3. The van der Waals surface area contributed by atoms with E-state index >= 15 is 0 Å². The van der Waals surface area contributed by atoms with Gasteiger partial charge >= 0.3 is 0 Å². The summed E-state index contributed by atoms with van der Waals surface area (Å²) >= 11 is 0. The molecule has 4 rings (SSSR count). The Balaban J connectivity index is 1.64. The van der Waals surface area contributed by atoms with E-state index in [1.807, 2.05) is 42.7 Å². The van der Waals surface area contributed by atoms with Gasteiger partial charge in [-0.1, -0.05) is 30.3 Å². The zero-order valence-corrected chi connectivity index (χ0v) is 14.5. The lowest BCUT2D eigenvalue weighted by molar-refractivity contribution is 0.101. The Hall–Kier alpha value is -3.46. The number of benzene rings is 3. The largest absolute Gasteiger partial charge is 0.316 e. The van der Waals surface area contributed by atoms with Crippen LogP contribution in [0.5, 0.6) is 0 Å². The number of carbonyl (C=O) groups is 1. The van der Waals surface area contributed by atoms with Crippen LogP contribution in [0.3, 0.4) is 0 Å². The van der Waals surface area contributed by atoms with E-state index in [1.54, 1.807) is 19.1 Å². The van der Waals surface area contributed by atoms with Gasteiger partial charge in [-0.3, -0.25) is 9.79 Å². The summed E-state index contributed by atoms with van der Waals surface area (Å²) in [6.07, 6.45) is 3.88. The monoisotopic (exact) mass is 338 g/mol. The third-order valence-electron chi connectivity index (χ3n) is 4.41. The van der Waals surface area contributed by atoms with Crippen LogP contribution in [-0.4, -0.2) is 16.6 Å². The van der Waals surface area contributed by atoms with E-state index in [0.717, 1.165) is 17.1 Å². The Labute approximate surface area is 152 Å². The fourth-order valence-electron chi connectivity index (χ4n) is 2.98. The SMILES string of the molecule is CC(=O)c1ccc(N=Cc2cccn2-c2ccc3ccccc3c2)cc1. The second-order valence-electron chi connectivity index (χ2n) is 6.20. The van der Waals surface area contributed by atoms with Gasteiger partial charge in [0.15, 0.2) is 5.78 Å². The van der Waals surface area contributed by atoms with Crippen LogP contribution in [0, 0.1) is 0 Å². The third-order valence-corrected chi connectivity index (χ3v) is 4.41. The van der Waals surface area contributed by atoms with E-state index in [1.165, 1.54) is 10.8 Å². The fourth-order valence-corrected chi connectivity index (χ4v) is 2.98. The summed E-state index contributed by atoms with van der Waals surface area (Å²) in [6.45, 7) is 1.56. The predicted molar refractivity (Wildman–Crippen MR) is 107 cm³/mol. The number of nitrogens with zero attached hydrogens (tertiary/aromatic N) is 2. The molecule has 3 nitrogen and oxygen atoms in total. The van der Waals surface area contributed by atoms with Gasteiger partial charge in [-0.2, -0.15) is 0 Å². The molecule has 0 unspecified atom stereocenters. The number of aliphatic imine (C=N–C) groups is 1. The average molecular weight is 338 g/mol. The van der Waals surface area contributed by atoms with E-state index in [2.05, 4.69) is 46.0 Å². The van der Waals surface area contributed by atoms with Crippen molar-refractivity contribution in [3.63, 3.8) is 0 Å². The summed E-state index contributed by atoms with van der Waals surface area (Å²) in [5.74, 6) is 0.0608. The number of ketones is 1. The van der Waals surface area contributed by atoms with Crippen LogP contribution >= 0.6 is 0 Å². The summed E-state index contributed by atoms with van der Waals surface area (Å²) in [6, 6.07) is 26.1. The second kappa shape index (κ2) is 6.81. The van der Waals surface area contributed by atoms with Gasteiger partial charge in [-0.15, -0.1) is 0 Å². The lowest BCUT2D eigenvalue weighted by atomic mass is 10.1. The van der Waals surface area contributed by atoms with E-state index in [9.17, 15) is 4.79 Å². The molecule has 0 saturated heterocycles. The quantitative estimate of drug-likeness (QED) is 0.353. The van der Waals surface area contributed by atoms with Crippen LogP contribution in [-0.2, 0) is 0 Å². The van der Waals surface area contributed by atoms with Crippen molar-refractivity contribution in [3.05, 3.63) is 96.3 Å². The van der Waals surface area contributed by atoms with Crippen LogP contribution in [0.2, 0.25) is 0 Å². The first-order valence-corrected chi connectivity index (χ1v) is 8.52. The maximum absolute atomic E-state index is 11.4. The van der Waals surface area contributed by atoms with Crippen molar-refractivity contribution in [1.29, 1.82) is 0 Å². The van der Waals surface area contributed by atoms with Gasteiger partial charge in [0.1, 0.15) is 0 Å². The minimum absolute atomic E-state index is 0.0608. The van der Waals surface area contributed by atoms with Crippen LogP contribution in [0.1, 0.15) is 23.0 Å². The number of carbonyl (C=O) groups excluding carboxylic acids is 1. The number of hydrogen-bond donors (Lipinski definition) is 0. The van der Waals surface area contributed by atoms with Gasteiger partial charge in [-0.25, -0.2) is 0 Å². The van der Waals surface area contributed by atoms with Gasteiger partial charge < -0.3 is 4.57 Å². The minimum atomic E-state index is 0.0608. The zero-order chi connectivity index (χ0) is 17.9. The highest BCUT2D eigenvalue weighted by molar-refractivity contribution is 5.94. The zero-order valence-electron chi connectivity index (χ0n) is 14.5. The van der Waals surface area contributed by atoms with E-state index in [4.69, 9.17) is 0 Å². The summed E-state index contributed by atoms with van der Waals surface area (Å²) in [7, 11) is 0. The minimum Gasteiger partial charge on any atom is -0.316 e. The average Bonchev–Trinajstić information content (AvgIpc) is 3.15. The molecule has 1 aromatic heterocycles. The molecule has 0 N–H and O–H groups in total. The van der Waals surface area contributed by atoms with Gasteiger partial charge in [-0.05, 0) is 66.2 Å². The van der Waals surface area contributed by atoms with Crippen molar-refractivity contribution < 1.29 is 4.79 Å². The first-order chi connectivity index (χ1) is 12.7. The smallest absolute Gasteiger partial charge is 0.159 e. The fraction of sp³-hybridized carbons (Fsp3) is 0.0435. The highest BCUT2D eigenvalue weighted by Gasteiger charge is 2.03. The molecule has 4 aromatic rings. The number of aromatic nitrogens is 1. The number of fused-ring (bicyclic) bond motifs is 1. The third kappa shape index (κ3) is 3.20. The van der Waals surface area contributed by atoms with Crippen molar-refractivity contribution >= 4 is 28.5 Å². The molecule has 0 bridgehead atoms. The van der Waals surface area contributed by atoms with Crippen LogP contribution in [0.4, 0.5) is 5.69 Å². The number of hydrogen-bond acceptors (Lipinski definition) is 2. The molecule has 3 heteroatoms. The molecule has 0 spiro atoms. The van der Waals surface area contributed by atoms with Crippen LogP contribution in [0.15, 0.2) is 90.1 Å². The van der Waals surface area contributed by atoms with Gasteiger partial charge in [0.2, 0.25) is 0 Å². The maximum atomic E-state index is 11.4. The Morgan fingerprint density at radius 2 is 1.65 bits per heavy atom. The Morgan fingerprint density at radius 3 is 2.42 bits per heavy atom. The summed E-state index contributed by atoms with van der Waals surface area (Å²) in [5, 5.41) is 2.44. The number of rotatable bonds is 4. The van der Waals surface area contributed by atoms with E-state index in [0.29, 0.717) is 5.56 Å². The summed E-state index contributed by atoms with van der Waals surface area (Å²) in [5.41, 5.74) is 3.61. The van der Waals surface area contributed by atoms with Crippen molar-refractivity contribution in [3.8, 4) is 5.69 Å².